The molecule has 4 heteroatoms. The summed E-state index contributed by atoms with van der Waals surface area (Å²) in [4.78, 5) is 13.2. The second-order valence-electron chi connectivity index (χ2n) is 3.93. The highest BCUT2D eigenvalue weighted by molar-refractivity contribution is 5.77. The summed E-state index contributed by atoms with van der Waals surface area (Å²) in [5.41, 5.74) is 7.59. The lowest BCUT2D eigenvalue weighted by atomic mass is 10.1. The molecular formula is C12H19N3O. The molecule has 16 heavy (non-hydrogen) atoms. The molecule has 0 spiro atoms. The number of likely N-dealkylation sites (N-methyl/N-ethyl adjacent to an activating group) is 2. The van der Waals surface area contributed by atoms with E-state index in [1.165, 1.54) is 0 Å². The third-order valence-electron chi connectivity index (χ3n) is 2.73. The minimum Gasteiger partial charge on any atom is -0.399 e. The maximum absolute atomic E-state index is 11.2. The average molecular weight is 221 g/mol. The van der Waals surface area contributed by atoms with Crippen LogP contribution in [0.25, 0.3) is 0 Å². The van der Waals surface area contributed by atoms with Crippen LogP contribution in [0.3, 0.4) is 0 Å². The molecule has 0 radical (unpaired) electrons. The van der Waals surface area contributed by atoms with Crippen LogP contribution in [-0.4, -0.2) is 31.4 Å². The summed E-state index contributed by atoms with van der Waals surface area (Å²) in [6.07, 6.45) is 0. The number of benzene rings is 1. The number of hydrogen-bond acceptors (Lipinski definition) is 3. The first kappa shape index (κ1) is 12.5. The zero-order chi connectivity index (χ0) is 12.1. The number of nitrogens with zero attached hydrogens (tertiary/aromatic N) is 1. The first-order valence-electron chi connectivity index (χ1n) is 5.31. The number of nitrogens with one attached hydrogen (secondary N) is 1. The van der Waals surface area contributed by atoms with E-state index in [4.69, 9.17) is 5.73 Å². The Kier molecular flexibility index (Phi) is 4.31. The highest BCUT2D eigenvalue weighted by Gasteiger charge is 2.13. The van der Waals surface area contributed by atoms with E-state index in [0.29, 0.717) is 6.54 Å². The van der Waals surface area contributed by atoms with Crippen LogP contribution in [0.4, 0.5) is 5.69 Å². The molecule has 0 saturated carbocycles. The van der Waals surface area contributed by atoms with Crippen LogP contribution in [0.1, 0.15) is 18.5 Å². The second-order valence-corrected chi connectivity index (χ2v) is 3.93. The summed E-state index contributed by atoms with van der Waals surface area (Å²) in [6.45, 7) is 2.43. The molecule has 1 rings (SSSR count). The van der Waals surface area contributed by atoms with Crippen LogP contribution in [0.5, 0.6) is 0 Å². The van der Waals surface area contributed by atoms with Crippen molar-refractivity contribution < 1.29 is 4.79 Å². The van der Waals surface area contributed by atoms with Crippen LogP contribution in [0, 0.1) is 0 Å². The van der Waals surface area contributed by atoms with Gasteiger partial charge in [0.15, 0.2) is 0 Å². The molecule has 0 heterocycles. The van der Waals surface area contributed by atoms with Crippen molar-refractivity contribution in [2.75, 3.05) is 26.4 Å². The molecule has 1 atom stereocenters. The third kappa shape index (κ3) is 3.24. The molecule has 88 valence electrons. The van der Waals surface area contributed by atoms with Gasteiger partial charge in [0.05, 0.1) is 6.54 Å². The smallest absolute Gasteiger partial charge is 0.233 e. The second kappa shape index (κ2) is 5.51. The molecule has 0 aliphatic heterocycles. The molecule has 1 aromatic rings. The molecule has 0 aliphatic rings. The number of anilines is 1. The average Bonchev–Trinajstić information content (AvgIpc) is 2.27. The fourth-order valence-electron chi connectivity index (χ4n) is 1.52. The number of carbonyl (C=O) groups is 1. The summed E-state index contributed by atoms with van der Waals surface area (Å²) < 4.78 is 0. The Balaban J connectivity index is 2.70. The number of rotatable bonds is 4. The molecular weight excluding hydrogens is 202 g/mol. The number of nitrogen functional groups attached to an aromatic ring is 1. The van der Waals surface area contributed by atoms with Gasteiger partial charge < -0.3 is 11.1 Å². The first-order chi connectivity index (χ1) is 7.54. The van der Waals surface area contributed by atoms with Gasteiger partial charge in [0.1, 0.15) is 0 Å². The van der Waals surface area contributed by atoms with Gasteiger partial charge in [-0.1, -0.05) is 12.1 Å². The Morgan fingerprint density at radius 3 is 2.81 bits per heavy atom. The van der Waals surface area contributed by atoms with E-state index in [1.807, 2.05) is 36.2 Å². The normalized spacial score (nSPS) is 12.5. The van der Waals surface area contributed by atoms with E-state index in [9.17, 15) is 4.79 Å². The van der Waals surface area contributed by atoms with E-state index in [0.717, 1.165) is 11.3 Å². The summed E-state index contributed by atoms with van der Waals surface area (Å²) >= 11 is 0. The zero-order valence-corrected chi connectivity index (χ0v) is 10.0. The minimum atomic E-state index is 0.0123. The lowest BCUT2D eigenvalue weighted by Gasteiger charge is -2.24. The Morgan fingerprint density at radius 1 is 1.56 bits per heavy atom. The van der Waals surface area contributed by atoms with Gasteiger partial charge in [0, 0.05) is 18.8 Å². The molecule has 3 N–H and O–H groups in total. The highest BCUT2D eigenvalue weighted by Crippen LogP contribution is 2.20. The van der Waals surface area contributed by atoms with Gasteiger partial charge in [-0.15, -0.1) is 0 Å². The Bertz CT molecular complexity index is 365. The fraction of sp³-hybridized carbons (Fsp3) is 0.417. The Labute approximate surface area is 96.4 Å². The summed E-state index contributed by atoms with van der Waals surface area (Å²) in [7, 11) is 3.56. The number of amides is 1. The van der Waals surface area contributed by atoms with Crippen molar-refractivity contribution in [3.8, 4) is 0 Å². The Morgan fingerprint density at radius 2 is 2.25 bits per heavy atom. The van der Waals surface area contributed by atoms with Gasteiger partial charge in [-0.3, -0.25) is 9.69 Å². The predicted octanol–water partition coefficient (Wildman–Crippen LogP) is 1.01. The number of carbonyl (C=O) groups excluding carboxylic acids is 1. The Hall–Kier alpha value is -1.55. The maximum atomic E-state index is 11.2. The van der Waals surface area contributed by atoms with E-state index in [1.54, 1.807) is 7.05 Å². The van der Waals surface area contributed by atoms with Crippen molar-refractivity contribution >= 4 is 11.6 Å². The first-order valence-corrected chi connectivity index (χ1v) is 5.31. The van der Waals surface area contributed by atoms with Crippen LogP contribution in [0.15, 0.2) is 24.3 Å². The zero-order valence-electron chi connectivity index (χ0n) is 10.0. The standard InChI is InChI=1S/C12H19N3O/c1-9(15(3)8-12(16)14-2)10-5-4-6-11(13)7-10/h4-7,9H,8,13H2,1-3H3,(H,14,16). The topological polar surface area (TPSA) is 58.4 Å². The van der Waals surface area contributed by atoms with E-state index < -0.39 is 0 Å². The molecule has 1 amide bonds. The predicted molar refractivity (Wildman–Crippen MR) is 66.0 cm³/mol. The summed E-state index contributed by atoms with van der Waals surface area (Å²) in [5.74, 6) is 0.0123. The van der Waals surface area contributed by atoms with Crippen LogP contribution >= 0.6 is 0 Å². The molecule has 1 unspecified atom stereocenters. The van der Waals surface area contributed by atoms with Gasteiger partial charge in [0.25, 0.3) is 0 Å². The van der Waals surface area contributed by atoms with Crippen molar-refractivity contribution in [2.24, 2.45) is 0 Å². The van der Waals surface area contributed by atoms with Crippen LogP contribution in [0.2, 0.25) is 0 Å². The fourth-order valence-corrected chi connectivity index (χ4v) is 1.52. The van der Waals surface area contributed by atoms with Crippen LogP contribution < -0.4 is 11.1 Å². The van der Waals surface area contributed by atoms with Gasteiger partial charge in [-0.2, -0.15) is 0 Å². The lowest BCUT2D eigenvalue weighted by molar-refractivity contribution is -0.121. The highest BCUT2D eigenvalue weighted by atomic mass is 16.1. The molecule has 0 fully saturated rings. The summed E-state index contributed by atoms with van der Waals surface area (Å²) in [6, 6.07) is 7.90. The third-order valence-corrected chi connectivity index (χ3v) is 2.73. The van der Waals surface area contributed by atoms with Crippen molar-refractivity contribution in [1.82, 2.24) is 10.2 Å². The van der Waals surface area contributed by atoms with E-state index >= 15 is 0 Å². The maximum Gasteiger partial charge on any atom is 0.233 e. The minimum absolute atomic E-state index is 0.0123. The molecule has 0 aliphatic carbocycles. The number of hydrogen-bond donors (Lipinski definition) is 2. The lowest BCUT2D eigenvalue weighted by Crippen LogP contribution is -2.34. The SMILES string of the molecule is CNC(=O)CN(C)C(C)c1cccc(N)c1. The molecule has 0 bridgehead atoms. The van der Waals surface area contributed by atoms with Crippen molar-refractivity contribution in [2.45, 2.75) is 13.0 Å². The monoisotopic (exact) mass is 221 g/mol. The number of nitrogens with two attached hydrogens (primary N) is 1. The van der Waals surface area contributed by atoms with E-state index in [-0.39, 0.29) is 11.9 Å². The van der Waals surface area contributed by atoms with Gasteiger partial charge in [0.2, 0.25) is 5.91 Å². The largest absolute Gasteiger partial charge is 0.399 e. The van der Waals surface area contributed by atoms with Gasteiger partial charge >= 0.3 is 0 Å². The van der Waals surface area contributed by atoms with Crippen molar-refractivity contribution in [3.63, 3.8) is 0 Å². The summed E-state index contributed by atoms with van der Waals surface area (Å²) in [5, 5.41) is 2.61. The van der Waals surface area contributed by atoms with Gasteiger partial charge in [-0.05, 0) is 31.7 Å². The van der Waals surface area contributed by atoms with Crippen LogP contribution in [-0.2, 0) is 4.79 Å². The van der Waals surface area contributed by atoms with Crippen molar-refractivity contribution in [1.29, 1.82) is 0 Å². The quantitative estimate of drug-likeness (QED) is 0.746. The molecule has 1 aromatic carbocycles. The van der Waals surface area contributed by atoms with Gasteiger partial charge in [-0.25, -0.2) is 0 Å². The molecule has 4 nitrogen and oxygen atoms in total. The molecule has 0 saturated heterocycles. The van der Waals surface area contributed by atoms with E-state index in [2.05, 4.69) is 12.2 Å². The van der Waals surface area contributed by atoms with Crippen molar-refractivity contribution in [3.05, 3.63) is 29.8 Å². The molecule has 0 aromatic heterocycles.